The lowest BCUT2D eigenvalue weighted by molar-refractivity contribution is -0.128. The molecule has 1 saturated carbocycles. The number of nitrogens with zero attached hydrogens (tertiary/aromatic N) is 1. The van der Waals surface area contributed by atoms with E-state index in [0.717, 1.165) is 30.5 Å². The normalized spacial score (nSPS) is 28.1. The van der Waals surface area contributed by atoms with Crippen LogP contribution in [0.4, 0.5) is 0 Å². The Morgan fingerprint density at radius 3 is 3.11 bits per heavy atom. The zero-order chi connectivity index (χ0) is 13.2. The van der Waals surface area contributed by atoms with Gasteiger partial charge in [0.05, 0.1) is 11.7 Å². The van der Waals surface area contributed by atoms with Gasteiger partial charge in [0.2, 0.25) is 5.91 Å². The number of aryl methyl sites for hydroxylation is 1. The van der Waals surface area contributed by atoms with E-state index in [-0.39, 0.29) is 5.91 Å². The van der Waals surface area contributed by atoms with E-state index in [9.17, 15) is 4.79 Å². The molecule has 4 N–H and O–H groups in total. The van der Waals surface area contributed by atoms with Gasteiger partial charge in [0.1, 0.15) is 0 Å². The number of rotatable bonds is 3. The Morgan fingerprint density at radius 2 is 2.50 bits per heavy atom. The van der Waals surface area contributed by atoms with Crippen LogP contribution in [-0.2, 0) is 11.3 Å². The molecule has 0 aliphatic heterocycles. The first-order chi connectivity index (χ1) is 8.51. The van der Waals surface area contributed by atoms with E-state index in [1.165, 1.54) is 6.42 Å². The molecule has 2 unspecified atom stereocenters. The molecular weight excluding hydrogens is 228 g/mol. The van der Waals surface area contributed by atoms with E-state index < -0.39 is 5.54 Å². The van der Waals surface area contributed by atoms with Crippen LogP contribution >= 0.6 is 0 Å². The van der Waals surface area contributed by atoms with E-state index in [0.29, 0.717) is 12.5 Å². The minimum atomic E-state index is -0.685. The Kier molecular flexibility index (Phi) is 3.71. The molecule has 2 atom stereocenters. The lowest BCUT2D eigenvalue weighted by atomic mass is 9.76. The zero-order valence-electron chi connectivity index (χ0n) is 11.1. The summed E-state index contributed by atoms with van der Waals surface area (Å²) in [6.45, 7) is 4.60. The Balaban J connectivity index is 1.93. The number of carbonyl (C=O) groups is 1. The Morgan fingerprint density at radius 1 is 1.72 bits per heavy atom. The first kappa shape index (κ1) is 13.1. The maximum absolute atomic E-state index is 12.2. The number of amides is 1. The molecule has 1 aromatic heterocycles. The predicted molar refractivity (Wildman–Crippen MR) is 69.7 cm³/mol. The smallest absolute Gasteiger partial charge is 0.240 e. The number of hydrogen-bond acceptors (Lipinski definition) is 3. The summed E-state index contributed by atoms with van der Waals surface area (Å²) in [7, 11) is 0. The molecule has 100 valence electrons. The number of nitrogens with one attached hydrogen (secondary N) is 2. The molecule has 1 fully saturated rings. The van der Waals surface area contributed by atoms with Crippen molar-refractivity contribution < 1.29 is 4.79 Å². The van der Waals surface area contributed by atoms with Gasteiger partial charge in [0, 0.05) is 17.8 Å². The quantitative estimate of drug-likeness (QED) is 0.754. The molecule has 1 aliphatic rings. The molecule has 5 nitrogen and oxygen atoms in total. The summed E-state index contributed by atoms with van der Waals surface area (Å²) >= 11 is 0. The van der Waals surface area contributed by atoms with Crippen LogP contribution in [0.1, 0.15) is 43.9 Å². The van der Waals surface area contributed by atoms with Gasteiger partial charge in [-0.1, -0.05) is 19.8 Å². The summed E-state index contributed by atoms with van der Waals surface area (Å²) in [5.74, 6) is 0.500. The van der Waals surface area contributed by atoms with Gasteiger partial charge in [-0.3, -0.25) is 9.89 Å². The minimum Gasteiger partial charge on any atom is -0.350 e. The molecule has 0 radical (unpaired) electrons. The highest BCUT2D eigenvalue weighted by molar-refractivity contribution is 5.86. The standard InChI is InChI=1S/C13H22N4O/c1-9-4-3-5-13(14,6-9)12(18)15-7-11-8-16-17-10(11)2/h8-9H,3-7,14H2,1-2H3,(H,15,18)(H,16,17). The topological polar surface area (TPSA) is 83.8 Å². The Bertz CT molecular complexity index is 428. The number of carbonyl (C=O) groups excluding carboxylic acids is 1. The third-order valence-electron chi connectivity index (χ3n) is 3.86. The summed E-state index contributed by atoms with van der Waals surface area (Å²) in [6, 6.07) is 0. The van der Waals surface area contributed by atoms with E-state index >= 15 is 0 Å². The van der Waals surface area contributed by atoms with Gasteiger partial charge in [-0.2, -0.15) is 5.10 Å². The van der Waals surface area contributed by atoms with Crippen LogP contribution in [0.5, 0.6) is 0 Å². The van der Waals surface area contributed by atoms with Gasteiger partial charge < -0.3 is 11.1 Å². The van der Waals surface area contributed by atoms with Gasteiger partial charge in [-0.05, 0) is 25.7 Å². The number of aromatic amines is 1. The van der Waals surface area contributed by atoms with Crippen LogP contribution < -0.4 is 11.1 Å². The van der Waals surface area contributed by atoms with Crippen molar-refractivity contribution in [3.63, 3.8) is 0 Å². The first-order valence-corrected chi connectivity index (χ1v) is 6.57. The lowest BCUT2D eigenvalue weighted by Crippen LogP contribution is -2.56. The van der Waals surface area contributed by atoms with Crippen LogP contribution in [-0.4, -0.2) is 21.6 Å². The molecule has 5 heteroatoms. The fourth-order valence-corrected chi connectivity index (χ4v) is 2.70. The van der Waals surface area contributed by atoms with Gasteiger partial charge in [0.25, 0.3) is 0 Å². The maximum Gasteiger partial charge on any atom is 0.240 e. The SMILES string of the molecule is Cc1[nH]ncc1CNC(=O)C1(N)CCCC(C)C1. The monoisotopic (exact) mass is 250 g/mol. The molecule has 1 amide bonds. The summed E-state index contributed by atoms with van der Waals surface area (Å²) in [5, 5.41) is 9.72. The maximum atomic E-state index is 12.2. The highest BCUT2D eigenvalue weighted by atomic mass is 16.2. The van der Waals surface area contributed by atoms with E-state index in [1.807, 2.05) is 6.92 Å². The molecule has 2 rings (SSSR count). The fraction of sp³-hybridized carbons (Fsp3) is 0.692. The van der Waals surface area contributed by atoms with E-state index in [2.05, 4.69) is 22.4 Å². The summed E-state index contributed by atoms with van der Waals surface area (Å²) in [6.07, 6.45) is 5.52. The van der Waals surface area contributed by atoms with Gasteiger partial charge in [-0.15, -0.1) is 0 Å². The van der Waals surface area contributed by atoms with Crippen molar-refractivity contribution in [2.45, 2.75) is 51.6 Å². The highest BCUT2D eigenvalue weighted by Crippen LogP contribution is 2.30. The molecule has 1 heterocycles. The zero-order valence-corrected chi connectivity index (χ0v) is 11.1. The molecule has 1 aromatic rings. The molecular formula is C13H22N4O. The molecule has 0 aromatic carbocycles. The molecule has 1 aliphatic carbocycles. The summed E-state index contributed by atoms with van der Waals surface area (Å²) < 4.78 is 0. The number of hydrogen-bond donors (Lipinski definition) is 3. The predicted octanol–water partition coefficient (Wildman–Crippen LogP) is 1.24. The van der Waals surface area contributed by atoms with Gasteiger partial charge in [-0.25, -0.2) is 0 Å². The van der Waals surface area contributed by atoms with Crippen LogP contribution in [0, 0.1) is 12.8 Å². The molecule has 0 bridgehead atoms. The van der Waals surface area contributed by atoms with E-state index in [1.54, 1.807) is 6.20 Å². The largest absolute Gasteiger partial charge is 0.350 e. The Hall–Kier alpha value is -1.36. The fourth-order valence-electron chi connectivity index (χ4n) is 2.70. The number of nitrogens with two attached hydrogens (primary N) is 1. The Labute approximate surface area is 108 Å². The highest BCUT2D eigenvalue weighted by Gasteiger charge is 2.37. The van der Waals surface area contributed by atoms with Crippen molar-refractivity contribution in [2.75, 3.05) is 0 Å². The van der Waals surface area contributed by atoms with Crippen molar-refractivity contribution in [1.82, 2.24) is 15.5 Å². The van der Waals surface area contributed by atoms with Gasteiger partial charge in [0.15, 0.2) is 0 Å². The lowest BCUT2D eigenvalue weighted by Gasteiger charge is -2.35. The van der Waals surface area contributed by atoms with Crippen molar-refractivity contribution in [1.29, 1.82) is 0 Å². The average Bonchev–Trinajstić information content (AvgIpc) is 2.71. The first-order valence-electron chi connectivity index (χ1n) is 6.57. The van der Waals surface area contributed by atoms with Crippen LogP contribution in [0.3, 0.4) is 0 Å². The van der Waals surface area contributed by atoms with Crippen LogP contribution in [0.15, 0.2) is 6.20 Å². The van der Waals surface area contributed by atoms with Crippen molar-refractivity contribution in [2.24, 2.45) is 11.7 Å². The second kappa shape index (κ2) is 5.10. The van der Waals surface area contributed by atoms with Crippen molar-refractivity contribution in [3.8, 4) is 0 Å². The summed E-state index contributed by atoms with van der Waals surface area (Å²) in [5.41, 5.74) is 7.54. The summed E-state index contributed by atoms with van der Waals surface area (Å²) in [4.78, 5) is 12.2. The van der Waals surface area contributed by atoms with Crippen LogP contribution in [0.2, 0.25) is 0 Å². The molecule has 18 heavy (non-hydrogen) atoms. The average molecular weight is 250 g/mol. The minimum absolute atomic E-state index is 0.0327. The molecule has 0 saturated heterocycles. The van der Waals surface area contributed by atoms with Crippen LogP contribution in [0.25, 0.3) is 0 Å². The second-order valence-electron chi connectivity index (χ2n) is 5.56. The van der Waals surface area contributed by atoms with E-state index in [4.69, 9.17) is 5.73 Å². The third-order valence-corrected chi connectivity index (χ3v) is 3.86. The second-order valence-corrected chi connectivity index (χ2v) is 5.56. The van der Waals surface area contributed by atoms with Crippen molar-refractivity contribution in [3.05, 3.63) is 17.5 Å². The number of aromatic nitrogens is 2. The van der Waals surface area contributed by atoms with Crippen molar-refractivity contribution >= 4 is 5.91 Å². The molecule has 0 spiro atoms. The van der Waals surface area contributed by atoms with Gasteiger partial charge >= 0.3 is 0 Å². The number of H-pyrrole nitrogens is 1. The third kappa shape index (κ3) is 2.72.